The number of carboxylic acid groups (broad SMARTS) is 4. The van der Waals surface area contributed by atoms with E-state index in [9.17, 15) is 54.9 Å². The first-order valence-corrected chi connectivity index (χ1v) is 19.0. The average molecular weight is 785 g/mol. The van der Waals surface area contributed by atoms with E-state index < -0.39 is 67.9 Å². The summed E-state index contributed by atoms with van der Waals surface area (Å²) in [7, 11) is 0. The number of benzene rings is 1. The third kappa shape index (κ3) is 17.5. The molecule has 1 saturated heterocycles. The number of hydrogen-bond acceptors (Lipinski definition) is 16. The number of carbonyl (C=O) groups excluding carboxylic acids is 2. The molecule has 1 fully saturated rings. The van der Waals surface area contributed by atoms with Crippen LogP contribution in [0.3, 0.4) is 0 Å². The Labute approximate surface area is 322 Å². The number of ether oxygens (including phenoxy) is 3. The van der Waals surface area contributed by atoms with Gasteiger partial charge in [-0.2, -0.15) is 0 Å². The number of carbonyl (C=O) groups is 4. The van der Waals surface area contributed by atoms with Gasteiger partial charge in [0, 0.05) is 78.8 Å². The molecule has 5 N–H and O–H groups in total. The van der Waals surface area contributed by atoms with E-state index in [-0.39, 0.29) is 78.0 Å². The van der Waals surface area contributed by atoms with Crippen LogP contribution < -0.4 is 14.9 Å². The number of aryl methyl sites for hydroxylation is 1. The van der Waals surface area contributed by atoms with Crippen LogP contribution in [0.5, 0.6) is 5.75 Å². The van der Waals surface area contributed by atoms with Gasteiger partial charge in [-0.05, 0) is 63.1 Å². The Hall–Kier alpha value is -3.46. The molecule has 1 aliphatic heterocycles. The van der Waals surface area contributed by atoms with E-state index in [0.29, 0.717) is 51.6 Å². The Morgan fingerprint density at radius 1 is 0.600 bits per heavy atom. The van der Waals surface area contributed by atoms with Crippen LogP contribution in [0.15, 0.2) is 24.3 Å². The second kappa shape index (κ2) is 27.2. The number of rotatable bonds is 26. The van der Waals surface area contributed by atoms with Crippen molar-refractivity contribution >= 4 is 23.9 Å². The van der Waals surface area contributed by atoms with Gasteiger partial charge in [0.25, 0.3) is 0 Å². The zero-order valence-corrected chi connectivity index (χ0v) is 31.9. The standard InChI is InChI=1S/C37H62N4O14/c1-2-53-24-25-54-26-27-55-29-8-6-28(7-9-29)4-3-5-30(34(45)46)38-13-15-39(31(10-21-42)35(47)48)17-19-41(33(12-23-44)37(51)52)20-18-40(16-14-38)32(11-22-43)36(49)50/h6-9,30-33,42-44H,2-5,10-27H2,1H3,(H,45,46)(H,47,48)(H,49,50)(H,51,52)/p-2/t30-,31?,32?,33?/m0/s1. The second-order valence-electron chi connectivity index (χ2n) is 13.3. The molecule has 55 heavy (non-hydrogen) atoms. The van der Waals surface area contributed by atoms with Crippen molar-refractivity contribution in [1.29, 1.82) is 0 Å². The van der Waals surface area contributed by atoms with Crippen LogP contribution in [0.4, 0.5) is 0 Å². The second-order valence-corrected chi connectivity index (χ2v) is 13.3. The lowest BCUT2D eigenvalue weighted by Crippen LogP contribution is -2.58. The van der Waals surface area contributed by atoms with E-state index in [2.05, 4.69) is 0 Å². The van der Waals surface area contributed by atoms with E-state index in [1.165, 1.54) is 9.80 Å². The summed E-state index contributed by atoms with van der Waals surface area (Å²) in [6, 6.07) is 2.72. The van der Waals surface area contributed by atoms with E-state index in [0.717, 1.165) is 5.56 Å². The molecular weight excluding hydrogens is 724 g/mol. The first-order chi connectivity index (χ1) is 26.5. The fourth-order valence-corrected chi connectivity index (χ4v) is 6.75. The molecule has 0 spiro atoms. The molecule has 18 nitrogen and oxygen atoms in total. The molecule has 314 valence electrons. The molecule has 0 saturated carbocycles. The molecule has 4 atom stereocenters. The molecule has 1 aliphatic rings. The number of aliphatic hydroxyl groups is 3. The minimum absolute atomic E-state index is 0.00103. The highest BCUT2D eigenvalue weighted by atomic mass is 16.5. The lowest BCUT2D eigenvalue weighted by molar-refractivity contribution is -0.314. The van der Waals surface area contributed by atoms with Crippen LogP contribution in [0.2, 0.25) is 0 Å². The van der Waals surface area contributed by atoms with Crippen molar-refractivity contribution in [3.8, 4) is 5.75 Å². The van der Waals surface area contributed by atoms with Gasteiger partial charge in [0.2, 0.25) is 0 Å². The SMILES string of the molecule is CCOCCOCCOc1ccc(CCC[C@@H](C(=O)O)N2CCN(C(CCO)C(=O)[O-])CCN(C(CCO)C(=O)[O-])CCN(C(CCO)C(=O)O)CC2)cc1. The predicted molar refractivity (Wildman–Crippen MR) is 194 cm³/mol. The monoisotopic (exact) mass is 784 g/mol. The lowest BCUT2D eigenvalue weighted by Gasteiger charge is -2.41. The third-order valence-electron chi connectivity index (χ3n) is 9.72. The summed E-state index contributed by atoms with van der Waals surface area (Å²) >= 11 is 0. The fourth-order valence-electron chi connectivity index (χ4n) is 6.75. The number of aliphatic hydroxyl groups excluding tert-OH is 3. The zero-order valence-electron chi connectivity index (χ0n) is 31.9. The maximum Gasteiger partial charge on any atom is 0.321 e. The van der Waals surface area contributed by atoms with E-state index >= 15 is 0 Å². The molecule has 0 amide bonds. The molecule has 0 radical (unpaired) electrons. The first-order valence-electron chi connectivity index (χ1n) is 19.0. The zero-order chi connectivity index (χ0) is 40.6. The van der Waals surface area contributed by atoms with Crippen LogP contribution in [-0.2, 0) is 35.1 Å². The molecular formula is C37H60N4O14-2. The minimum atomic E-state index is -1.47. The molecule has 2 rings (SSSR count). The summed E-state index contributed by atoms with van der Waals surface area (Å²) in [4.78, 5) is 55.8. The molecule has 0 bridgehead atoms. The molecule has 3 unspecified atom stereocenters. The lowest BCUT2D eigenvalue weighted by atomic mass is 10.0. The van der Waals surface area contributed by atoms with Gasteiger partial charge in [0.15, 0.2) is 0 Å². The summed E-state index contributed by atoms with van der Waals surface area (Å²) in [6.45, 7) is 2.98. The number of nitrogens with zero attached hydrogens (tertiary/aromatic N) is 4. The number of carboxylic acids is 4. The smallest absolute Gasteiger partial charge is 0.321 e. The minimum Gasteiger partial charge on any atom is -0.548 e. The summed E-state index contributed by atoms with van der Waals surface area (Å²) in [5.41, 5.74) is 0.963. The highest BCUT2D eigenvalue weighted by Crippen LogP contribution is 2.18. The van der Waals surface area contributed by atoms with E-state index in [1.54, 1.807) is 9.80 Å². The molecule has 1 aromatic carbocycles. The topological polar surface area (TPSA) is 256 Å². The summed E-state index contributed by atoms with van der Waals surface area (Å²) in [5, 5.41) is 73.8. The van der Waals surface area contributed by atoms with Crippen molar-refractivity contribution < 1.29 is 69.1 Å². The molecule has 1 aromatic rings. The van der Waals surface area contributed by atoms with Crippen LogP contribution >= 0.6 is 0 Å². The molecule has 0 aliphatic carbocycles. The Balaban J connectivity index is 2.29. The summed E-state index contributed by atoms with van der Waals surface area (Å²) < 4.78 is 16.4. The van der Waals surface area contributed by atoms with Gasteiger partial charge in [0.1, 0.15) is 24.4 Å². The Kier molecular flexibility index (Phi) is 23.6. The average Bonchev–Trinajstić information content (AvgIpc) is 3.14. The van der Waals surface area contributed by atoms with Crippen LogP contribution in [0, 0.1) is 0 Å². The van der Waals surface area contributed by atoms with Crippen LogP contribution in [0.1, 0.15) is 44.6 Å². The fraction of sp³-hybridized carbons (Fsp3) is 0.730. The largest absolute Gasteiger partial charge is 0.548 e. The highest BCUT2D eigenvalue weighted by Gasteiger charge is 2.32. The van der Waals surface area contributed by atoms with Gasteiger partial charge >= 0.3 is 11.9 Å². The van der Waals surface area contributed by atoms with Crippen LogP contribution in [0.25, 0.3) is 0 Å². The van der Waals surface area contributed by atoms with Crippen LogP contribution in [-0.4, -0.2) is 198 Å². The Morgan fingerprint density at radius 3 is 1.38 bits per heavy atom. The molecule has 18 heteroatoms. The maximum absolute atomic E-state index is 12.8. The van der Waals surface area contributed by atoms with Gasteiger partial charge in [-0.25, -0.2) is 0 Å². The predicted octanol–water partition coefficient (Wildman–Crippen LogP) is -3.05. The van der Waals surface area contributed by atoms with Gasteiger partial charge in [-0.15, -0.1) is 0 Å². The summed E-state index contributed by atoms with van der Waals surface area (Å²) in [5.74, 6) is -4.58. The molecule has 0 aromatic heterocycles. The van der Waals surface area contributed by atoms with Gasteiger partial charge in [-0.1, -0.05) is 12.1 Å². The van der Waals surface area contributed by atoms with E-state index in [1.807, 2.05) is 31.2 Å². The van der Waals surface area contributed by atoms with Gasteiger partial charge in [-0.3, -0.25) is 29.2 Å². The third-order valence-corrected chi connectivity index (χ3v) is 9.72. The van der Waals surface area contributed by atoms with E-state index in [4.69, 9.17) is 14.2 Å². The van der Waals surface area contributed by atoms with Crippen molar-refractivity contribution in [2.24, 2.45) is 0 Å². The maximum atomic E-state index is 12.8. The normalized spacial score (nSPS) is 18.0. The first kappa shape index (κ1) is 47.7. The van der Waals surface area contributed by atoms with Crippen molar-refractivity contribution in [2.75, 3.05) is 105 Å². The van der Waals surface area contributed by atoms with Crippen molar-refractivity contribution in [2.45, 2.75) is 69.6 Å². The number of hydrogen-bond donors (Lipinski definition) is 5. The number of aliphatic carboxylic acids is 4. The van der Waals surface area contributed by atoms with Gasteiger partial charge in [0.05, 0.1) is 43.8 Å². The molecule has 1 heterocycles. The van der Waals surface area contributed by atoms with Crippen molar-refractivity contribution in [3.63, 3.8) is 0 Å². The highest BCUT2D eigenvalue weighted by molar-refractivity contribution is 5.74. The summed E-state index contributed by atoms with van der Waals surface area (Å²) in [6.07, 6.45) is 0.737. The van der Waals surface area contributed by atoms with Gasteiger partial charge < -0.3 is 59.5 Å². The van der Waals surface area contributed by atoms with Crippen molar-refractivity contribution in [3.05, 3.63) is 29.8 Å². The van der Waals surface area contributed by atoms with Crippen molar-refractivity contribution in [1.82, 2.24) is 19.6 Å². The Bertz CT molecular complexity index is 1220. The quantitative estimate of drug-likeness (QED) is 0.0585. The Morgan fingerprint density at radius 2 is 0.982 bits per heavy atom.